The lowest BCUT2D eigenvalue weighted by molar-refractivity contribution is -0.710. The maximum absolute atomic E-state index is 12.1. The zero-order chi connectivity index (χ0) is 14.5. The fourth-order valence-corrected chi connectivity index (χ4v) is 5.60. The van der Waals surface area contributed by atoms with Crippen LogP contribution in [0.4, 0.5) is 0 Å². The van der Waals surface area contributed by atoms with Crippen LogP contribution in [-0.4, -0.2) is 15.6 Å². The minimum Gasteiger partial charge on any atom is -0.593 e. The standard InChI is InChI=1S/C16H24N2OS2/c19-18-16(21-14-9-5-2-6-10-14)12-11-15(17-18)20-13-7-3-1-4-8-13/h11-14H,1-10H2. The van der Waals surface area contributed by atoms with E-state index >= 15 is 0 Å². The highest BCUT2D eigenvalue weighted by atomic mass is 32.2. The summed E-state index contributed by atoms with van der Waals surface area (Å²) in [5.74, 6) is 0. The molecule has 2 fully saturated rings. The molecule has 0 aliphatic heterocycles. The molecular formula is C16H24N2OS2. The number of thioether (sulfide) groups is 2. The molecule has 1 aromatic rings. The molecule has 0 spiro atoms. The third-order valence-corrected chi connectivity index (χ3v) is 7.03. The molecule has 0 amide bonds. The van der Waals surface area contributed by atoms with Gasteiger partial charge in [0.05, 0.1) is 0 Å². The van der Waals surface area contributed by atoms with Crippen molar-refractivity contribution in [2.24, 2.45) is 0 Å². The molecule has 0 bridgehead atoms. The van der Waals surface area contributed by atoms with Gasteiger partial charge >= 0.3 is 0 Å². The van der Waals surface area contributed by atoms with E-state index in [1.807, 2.05) is 12.1 Å². The second kappa shape index (κ2) is 7.73. The summed E-state index contributed by atoms with van der Waals surface area (Å²) in [6.07, 6.45) is 13.0. The van der Waals surface area contributed by atoms with Crippen LogP contribution >= 0.6 is 23.5 Å². The Kier molecular flexibility index (Phi) is 5.69. The molecule has 116 valence electrons. The molecule has 0 saturated heterocycles. The van der Waals surface area contributed by atoms with Crippen LogP contribution in [0.5, 0.6) is 0 Å². The van der Waals surface area contributed by atoms with Gasteiger partial charge in [0.1, 0.15) is 0 Å². The highest BCUT2D eigenvalue weighted by molar-refractivity contribution is 8.00. The molecule has 3 nitrogen and oxygen atoms in total. The highest BCUT2D eigenvalue weighted by Crippen LogP contribution is 2.34. The molecule has 21 heavy (non-hydrogen) atoms. The monoisotopic (exact) mass is 324 g/mol. The lowest BCUT2D eigenvalue weighted by atomic mass is 10.0. The maximum Gasteiger partial charge on any atom is 0.279 e. The van der Waals surface area contributed by atoms with E-state index in [2.05, 4.69) is 5.10 Å². The SMILES string of the molecule is [O-][n+]1nc(SC2CCCCC2)ccc1SC1CCCCC1. The van der Waals surface area contributed by atoms with E-state index in [1.54, 1.807) is 23.5 Å². The Bertz CT molecular complexity index is 458. The topological polar surface area (TPSA) is 39.8 Å². The summed E-state index contributed by atoms with van der Waals surface area (Å²) in [5, 5.41) is 19.3. The molecule has 0 radical (unpaired) electrons. The first kappa shape index (κ1) is 15.5. The van der Waals surface area contributed by atoms with Crippen molar-refractivity contribution >= 4 is 23.5 Å². The molecule has 1 aromatic heterocycles. The third kappa shape index (κ3) is 4.52. The second-order valence-electron chi connectivity index (χ2n) is 6.14. The van der Waals surface area contributed by atoms with Gasteiger partial charge in [-0.1, -0.05) is 62.0 Å². The third-order valence-electron chi connectivity index (χ3n) is 4.43. The molecule has 2 saturated carbocycles. The van der Waals surface area contributed by atoms with Gasteiger partial charge in [-0.3, -0.25) is 0 Å². The van der Waals surface area contributed by atoms with Gasteiger partial charge < -0.3 is 5.21 Å². The quantitative estimate of drug-likeness (QED) is 0.601. The minimum absolute atomic E-state index is 0.609. The van der Waals surface area contributed by atoms with Crippen LogP contribution < -0.4 is 4.85 Å². The van der Waals surface area contributed by atoms with Crippen molar-refractivity contribution in [3.05, 3.63) is 17.3 Å². The average molecular weight is 325 g/mol. The Labute approximate surface area is 135 Å². The molecule has 2 aliphatic rings. The summed E-state index contributed by atoms with van der Waals surface area (Å²) in [7, 11) is 0. The van der Waals surface area contributed by atoms with Crippen molar-refractivity contribution in [2.75, 3.05) is 0 Å². The largest absolute Gasteiger partial charge is 0.593 e. The summed E-state index contributed by atoms with van der Waals surface area (Å²) < 4.78 is 0. The Hall–Kier alpha value is -0.420. The molecule has 1 heterocycles. The van der Waals surface area contributed by atoms with Crippen LogP contribution in [0.3, 0.4) is 0 Å². The summed E-state index contributed by atoms with van der Waals surface area (Å²) in [5.41, 5.74) is 0. The highest BCUT2D eigenvalue weighted by Gasteiger charge is 2.21. The van der Waals surface area contributed by atoms with Gasteiger partial charge in [0.15, 0.2) is 5.03 Å². The first-order valence-electron chi connectivity index (χ1n) is 8.25. The normalized spacial score (nSPS) is 21.5. The van der Waals surface area contributed by atoms with Crippen LogP contribution in [0, 0.1) is 5.21 Å². The van der Waals surface area contributed by atoms with Crippen LogP contribution in [0.25, 0.3) is 0 Å². The van der Waals surface area contributed by atoms with E-state index in [-0.39, 0.29) is 0 Å². The van der Waals surface area contributed by atoms with E-state index in [9.17, 15) is 5.21 Å². The van der Waals surface area contributed by atoms with Gasteiger partial charge in [-0.25, -0.2) is 0 Å². The van der Waals surface area contributed by atoms with Crippen LogP contribution in [0.1, 0.15) is 64.2 Å². The van der Waals surface area contributed by atoms with E-state index in [4.69, 9.17) is 0 Å². The first-order chi connectivity index (χ1) is 10.3. The van der Waals surface area contributed by atoms with Gasteiger partial charge in [-0.05, 0) is 36.6 Å². The van der Waals surface area contributed by atoms with E-state index in [0.717, 1.165) is 14.9 Å². The van der Waals surface area contributed by atoms with Gasteiger partial charge in [0.2, 0.25) is 0 Å². The number of nitrogens with zero attached hydrogens (tertiary/aromatic N) is 2. The molecule has 0 unspecified atom stereocenters. The van der Waals surface area contributed by atoms with Crippen molar-refractivity contribution in [1.82, 2.24) is 5.10 Å². The molecular weight excluding hydrogens is 300 g/mol. The summed E-state index contributed by atoms with van der Waals surface area (Å²) >= 11 is 3.52. The Morgan fingerprint density at radius 1 is 0.857 bits per heavy atom. The fourth-order valence-electron chi connectivity index (χ4n) is 3.23. The number of hydrogen-bond donors (Lipinski definition) is 0. The molecule has 0 aromatic carbocycles. The van der Waals surface area contributed by atoms with Gasteiger partial charge in [-0.2, -0.15) is 0 Å². The maximum atomic E-state index is 12.1. The van der Waals surface area contributed by atoms with Crippen LogP contribution in [0.2, 0.25) is 0 Å². The van der Waals surface area contributed by atoms with Crippen molar-refractivity contribution in [3.8, 4) is 0 Å². The van der Waals surface area contributed by atoms with Crippen molar-refractivity contribution < 1.29 is 4.85 Å². The van der Waals surface area contributed by atoms with E-state index in [1.165, 1.54) is 64.2 Å². The molecule has 0 atom stereocenters. The molecule has 2 aliphatic carbocycles. The molecule has 3 rings (SSSR count). The Balaban J connectivity index is 1.59. The number of hydrogen-bond acceptors (Lipinski definition) is 4. The van der Waals surface area contributed by atoms with E-state index in [0.29, 0.717) is 10.5 Å². The fraction of sp³-hybridized carbons (Fsp3) is 0.750. The summed E-state index contributed by atoms with van der Waals surface area (Å²) in [4.78, 5) is 0.852. The van der Waals surface area contributed by atoms with Gasteiger partial charge in [0.25, 0.3) is 5.03 Å². The van der Waals surface area contributed by atoms with Crippen LogP contribution in [0.15, 0.2) is 22.2 Å². The van der Waals surface area contributed by atoms with Crippen molar-refractivity contribution in [2.45, 2.75) is 84.8 Å². The Morgan fingerprint density at radius 3 is 2.00 bits per heavy atom. The molecule has 5 heteroatoms. The lowest BCUT2D eigenvalue weighted by Crippen LogP contribution is -2.35. The lowest BCUT2D eigenvalue weighted by Gasteiger charge is -2.20. The molecule has 0 N–H and O–H groups in total. The summed E-state index contributed by atoms with van der Waals surface area (Å²) in [6, 6.07) is 4.02. The minimum atomic E-state index is 0.609. The predicted octanol–water partition coefficient (Wildman–Crippen LogP) is 4.56. The van der Waals surface area contributed by atoms with Crippen molar-refractivity contribution in [1.29, 1.82) is 0 Å². The zero-order valence-electron chi connectivity index (χ0n) is 12.5. The second-order valence-corrected chi connectivity index (χ2v) is 8.78. The number of rotatable bonds is 4. The summed E-state index contributed by atoms with van der Waals surface area (Å²) in [6.45, 7) is 0. The van der Waals surface area contributed by atoms with Gasteiger partial charge in [0, 0.05) is 21.7 Å². The average Bonchev–Trinajstić information content (AvgIpc) is 2.52. The van der Waals surface area contributed by atoms with Crippen molar-refractivity contribution in [3.63, 3.8) is 0 Å². The zero-order valence-corrected chi connectivity index (χ0v) is 14.1. The van der Waals surface area contributed by atoms with E-state index < -0.39 is 0 Å². The predicted molar refractivity (Wildman–Crippen MR) is 88.7 cm³/mol. The Morgan fingerprint density at radius 2 is 1.43 bits per heavy atom. The van der Waals surface area contributed by atoms with Crippen LogP contribution in [-0.2, 0) is 0 Å². The first-order valence-corrected chi connectivity index (χ1v) is 10.0. The number of aromatic nitrogens is 2. The smallest absolute Gasteiger partial charge is 0.279 e. The van der Waals surface area contributed by atoms with Gasteiger partial charge in [-0.15, -0.1) is 0 Å².